The van der Waals surface area contributed by atoms with E-state index in [1.807, 2.05) is 49.4 Å². The lowest BCUT2D eigenvalue weighted by Crippen LogP contribution is -2.37. The molecule has 1 aromatic heterocycles. The molecule has 2 aliphatic rings. The number of anilines is 2. The van der Waals surface area contributed by atoms with Crippen LogP contribution in [0.3, 0.4) is 0 Å². The van der Waals surface area contributed by atoms with Gasteiger partial charge in [-0.3, -0.25) is 14.4 Å². The number of carbonyl (C=O) groups excluding carboxylic acids is 2. The van der Waals surface area contributed by atoms with E-state index in [1.165, 1.54) is 4.90 Å². The van der Waals surface area contributed by atoms with Gasteiger partial charge in [-0.2, -0.15) is 0 Å². The van der Waals surface area contributed by atoms with Crippen LogP contribution in [0, 0.1) is 12.8 Å². The molecule has 2 fully saturated rings. The van der Waals surface area contributed by atoms with Crippen molar-refractivity contribution in [2.75, 3.05) is 9.96 Å². The molecule has 2 aliphatic heterocycles. The number of imide groups is 1. The minimum absolute atomic E-state index is 0.337. The quantitative estimate of drug-likeness (QED) is 0.284. The van der Waals surface area contributed by atoms with Gasteiger partial charge in [0.2, 0.25) is 5.91 Å². The van der Waals surface area contributed by atoms with Crippen molar-refractivity contribution in [1.82, 2.24) is 0 Å². The van der Waals surface area contributed by atoms with Crippen LogP contribution >= 0.6 is 23.2 Å². The first-order chi connectivity index (χ1) is 17.4. The Morgan fingerprint density at radius 2 is 1.56 bits per heavy atom. The van der Waals surface area contributed by atoms with Crippen molar-refractivity contribution >= 4 is 46.4 Å². The fourth-order valence-electron chi connectivity index (χ4n) is 4.79. The van der Waals surface area contributed by atoms with E-state index in [0.717, 1.165) is 5.56 Å². The number of furan rings is 1. The second-order valence-electron chi connectivity index (χ2n) is 8.83. The first-order valence-electron chi connectivity index (χ1n) is 11.4. The lowest BCUT2D eigenvalue weighted by molar-refractivity contribution is -0.126. The van der Waals surface area contributed by atoms with E-state index in [9.17, 15) is 9.59 Å². The highest BCUT2D eigenvalue weighted by molar-refractivity contribution is 6.35. The first kappa shape index (κ1) is 22.9. The molecule has 36 heavy (non-hydrogen) atoms. The molecule has 2 amide bonds. The summed E-state index contributed by atoms with van der Waals surface area (Å²) in [5.74, 6) is -0.559. The van der Waals surface area contributed by atoms with Crippen molar-refractivity contribution in [1.29, 1.82) is 0 Å². The van der Waals surface area contributed by atoms with Crippen LogP contribution in [0.25, 0.3) is 11.3 Å². The van der Waals surface area contributed by atoms with Crippen LogP contribution in [0.15, 0.2) is 89.3 Å². The number of hydrogen-bond acceptors (Lipinski definition) is 5. The Bertz CT molecular complexity index is 1470. The predicted octanol–water partition coefficient (Wildman–Crippen LogP) is 6.61. The molecule has 0 saturated carbocycles. The molecule has 6 nitrogen and oxygen atoms in total. The Morgan fingerprint density at radius 1 is 0.806 bits per heavy atom. The summed E-state index contributed by atoms with van der Waals surface area (Å²) in [7, 11) is 0. The summed E-state index contributed by atoms with van der Waals surface area (Å²) in [4.78, 5) is 34.6. The Morgan fingerprint density at radius 3 is 2.31 bits per heavy atom. The maximum absolute atomic E-state index is 13.7. The molecule has 0 radical (unpaired) electrons. The molecule has 0 aliphatic carbocycles. The van der Waals surface area contributed by atoms with E-state index in [4.69, 9.17) is 32.5 Å². The van der Waals surface area contributed by atoms with E-state index >= 15 is 0 Å². The van der Waals surface area contributed by atoms with Gasteiger partial charge in [-0.1, -0.05) is 59.1 Å². The topological polar surface area (TPSA) is 63.0 Å². The number of benzene rings is 3. The molecule has 3 aromatic carbocycles. The van der Waals surface area contributed by atoms with E-state index in [2.05, 4.69) is 0 Å². The van der Waals surface area contributed by atoms with Crippen molar-refractivity contribution in [3.63, 3.8) is 0 Å². The van der Waals surface area contributed by atoms with E-state index < -0.39 is 24.0 Å². The van der Waals surface area contributed by atoms with Crippen molar-refractivity contribution in [3.05, 3.63) is 106 Å². The molecule has 4 aromatic rings. The van der Waals surface area contributed by atoms with Gasteiger partial charge in [0.05, 0.1) is 16.4 Å². The normalized spacial score (nSPS) is 21.4. The summed E-state index contributed by atoms with van der Waals surface area (Å²) in [6, 6.07) is 24.6. The van der Waals surface area contributed by atoms with E-state index in [-0.39, 0.29) is 5.91 Å². The lowest BCUT2D eigenvalue weighted by atomic mass is 9.94. The highest BCUT2D eigenvalue weighted by Crippen LogP contribution is 2.48. The average molecular weight is 519 g/mol. The van der Waals surface area contributed by atoms with Gasteiger partial charge >= 0.3 is 0 Å². The Kier molecular flexibility index (Phi) is 5.60. The monoisotopic (exact) mass is 518 g/mol. The molecular formula is C28H20Cl2N2O4. The van der Waals surface area contributed by atoms with Crippen LogP contribution in [0.4, 0.5) is 11.4 Å². The number of hydrogen-bond donors (Lipinski definition) is 0. The minimum Gasteiger partial charge on any atom is -0.459 e. The largest absolute Gasteiger partial charge is 0.459 e. The molecule has 0 N–H and O–H groups in total. The molecule has 6 rings (SSSR count). The number of amides is 2. The number of para-hydroxylation sites is 1. The van der Waals surface area contributed by atoms with Crippen LogP contribution in [-0.2, 0) is 14.4 Å². The SMILES string of the molecule is Cc1ccc(N2C(=O)[C@@H]3[C@@H](ON(c4ccccc4)[C@H]3c3ccc(-c4cc(Cl)ccc4Cl)o3)C2=O)cc1. The third-order valence-electron chi connectivity index (χ3n) is 6.53. The second kappa shape index (κ2) is 8.82. The summed E-state index contributed by atoms with van der Waals surface area (Å²) < 4.78 is 6.24. The Balaban J connectivity index is 1.43. The number of aryl methyl sites for hydroxylation is 1. The molecule has 0 unspecified atom stereocenters. The fraction of sp³-hybridized carbons (Fsp3) is 0.143. The van der Waals surface area contributed by atoms with Gasteiger partial charge in [-0.15, -0.1) is 0 Å². The minimum atomic E-state index is -0.979. The third-order valence-corrected chi connectivity index (χ3v) is 7.10. The van der Waals surface area contributed by atoms with Crippen molar-refractivity contribution in [2.24, 2.45) is 5.92 Å². The van der Waals surface area contributed by atoms with Crippen molar-refractivity contribution < 1.29 is 18.8 Å². The van der Waals surface area contributed by atoms with Gasteiger partial charge in [-0.25, -0.2) is 9.96 Å². The van der Waals surface area contributed by atoms with Gasteiger partial charge in [-0.05, 0) is 61.5 Å². The zero-order valence-electron chi connectivity index (χ0n) is 19.1. The van der Waals surface area contributed by atoms with Crippen LogP contribution < -0.4 is 9.96 Å². The molecule has 2 saturated heterocycles. The predicted molar refractivity (Wildman–Crippen MR) is 138 cm³/mol. The number of halogens is 2. The maximum atomic E-state index is 13.7. The summed E-state index contributed by atoms with van der Waals surface area (Å²) in [6.07, 6.45) is -0.979. The molecule has 8 heteroatoms. The number of nitrogens with zero attached hydrogens (tertiary/aromatic N) is 2. The van der Waals surface area contributed by atoms with Gasteiger partial charge in [0, 0.05) is 10.6 Å². The van der Waals surface area contributed by atoms with E-state index in [1.54, 1.807) is 47.5 Å². The van der Waals surface area contributed by atoms with Crippen LogP contribution in [0.5, 0.6) is 0 Å². The maximum Gasteiger partial charge on any atom is 0.266 e. The second-order valence-corrected chi connectivity index (χ2v) is 9.68. The van der Waals surface area contributed by atoms with E-state index in [0.29, 0.717) is 38.5 Å². The van der Waals surface area contributed by atoms with Gasteiger partial charge < -0.3 is 4.42 Å². The zero-order valence-corrected chi connectivity index (χ0v) is 20.6. The van der Waals surface area contributed by atoms with Gasteiger partial charge in [0.25, 0.3) is 5.91 Å². The highest BCUT2D eigenvalue weighted by Gasteiger charge is 2.61. The summed E-state index contributed by atoms with van der Waals surface area (Å²) in [6.45, 7) is 1.95. The first-order valence-corrected chi connectivity index (χ1v) is 12.2. The number of hydroxylamine groups is 1. The molecule has 3 heterocycles. The Hall–Kier alpha value is -3.58. The number of rotatable bonds is 4. The third kappa shape index (κ3) is 3.69. The lowest BCUT2D eigenvalue weighted by Gasteiger charge is -2.27. The smallest absolute Gasteiger partial charge is 0.266 e. The fourth-order valence-corrected chi connectivity index (χ4v) is 5.18. The van der Waals surface area contributed by atoms with Gasteiger partial charge in [0.1, 0.15) is 23.5 Å². The summed E-state index contributed by atoms with van der Waals surface area (Å²) >= 11 is 12.6. The van der Waals surface area contributed by atoms with Crippen molar-refractivity contribution in [3.8, 4) is 11.3 Å². The highest BCUT2D eigenvalue weighted by atomic mass is 35.5. The summed E-state index contributed by atoms with van der Waals surface area (Å²) in [5.41, 5.74) is 2.89. The van der Waals surface area contributed by atoms with Crippen molar-refractivity contribution in [2.45, 2.75) is 19.1 Å². The standard InChI is InChI=1S/C28H20Cl2N2O4/c1-16-7-10-18(11-8-16)31-27(33)24-25(32(36-26(24)28(31)34)19-5-3-2-4-6-19)23-14-13-22(35-23)20-15-17(29)9-12-21(20)30/h2-15,24-26H,1H3/t24-,25-,26+/m0/s1. The number of fused-ring (bicyclic) bond motifs is 1. The number of carbonyl (C=O) groups is 2. The Labute approximate surface area is 217 Å². The molecular weight excluding hydrogens is 499 g/mol. The molecule has 0 spiro atoms. The zero-order chi connectivity index (χ0) is 25.0. The molecule has 3 atom stereocenters. The average Bonchev–Trinajstić information content (AvgIpc) is 3.57. The van der Waals surface area contributed by atoms with Crippen LogP contribution in [0.1, 0.15) is 17.4 Å². The molecule has 180 valence electrons. The summed E-state index contributed by atoms with van der Waals surface area (Å²) in [5, 5.41) is 2.60. The molecule has 0 bridgehead atoms. The van der Waals surface area contributed by atoms with Crippen LogP contribution in [0.2, 0.25) is 10.0 Å². The van der Waals surface area contributed by atoms with Crippen LogP contribution in [-0.4, -0.2) is 17.9 Å². The van der Waals surface area contributed by atoms with Gasteiger partial charge in [0.15, 0.2) is 6.10 Å².